The largest absolute Gasteiger partial charge is 0.496 e. The maximum absolute atomic E-state index is 12.4. The lowest BCUT2D eigenvalue weighted by Gasteiger charge is -2.11. The number of hydrogen-bond acceptors (Lipinski definition) is 4. The number of nitrogens with one attached hydrogen (secondary N) is 1. The Balaban J connectivity index is 2.36. The quantitative estimate of drug-likeness (QED) is 0.686. The molecule has 0 unspecified atom stereocenters. The normalized spacial score (nSPS) is 10.1. The number of anilines is 1. The van der Waals surface area contributed by atoms with E-state index in [-0.39, 0.29) is 11.3 Å². The van der Waals surface area contributed by atoms with E-state index in [0.717, 1.165) is 0 Å². The molecule has 0 fully saturated rings. The topological polar surface area (TPSA) is 81.5 Å². The van der Waals surface area contributed by atoms with Gasteiger partial charge in [0.2, 0.25) is 0 Å². The minimum Gasteiger partial charge on any atom is -0.496 e. The number of nitrogens with zero attached hydrogens (tertiary/aromatic N) is 1. The third-order valence-electron chi connectivity index (χ3n) is 3.16. The van der Waals surface area contributed by atoms with Crippen LogP contribution < -0.4 is 10.1 Å². The minimum atomic E-state index is -0.495. The molecule has 0 spiro atoms. The van der Waals surface area contributed by atoms with Crippen LogP contribution in [0.3, 0.4) is 0 Å². The molecular weight excluding hydrogens is 308 g/mol. The molecular formula is C15H13ClN2O4. The van der Waals surface area contributed by atoms with E-state index in [9.17, 15) is 14.9 Å². The molecule has 2 rings (SSSR count). The van der Waals surface area contributed by atoms with Crippen molar-refractivity contribution in [1.29, 1.82) is 0 Å². The van der Waals surface area contributed by atoms with Gasteiger partial charge in [0.15, 0.2) is 0 Å². The molecule has 6 nitrogen and oxygen atoms in total. The van der Waals surface area contributed by atoms with Crippen LogP contribution in [0.5, 0.6) is 5.75 Å². The zero-order chi connectivity index (χ0) is 16.3. The van der Waals surface area contributed by atoms with Gasteiger partial charge in [0.1, 0.15) is 5.75 Å². The predicted octanol–water partition coefficient (Wildman–Crippen LogP) is 3.82. The SMILES string of the molecule is COc1ccc(Cl)cc1C(=O)Nc1cccc([N+](=O)[O-])c1C. The van der Waals surface area contributed by atoms with Crippen LogP contribution in [0.1, 0.15) is 15.9 Å². The Morgan fingerprint density at radius 1 is 1.32 bits per heavy atom. The van der Waals surface area contributed by atoms with Crippen LogP contribution in [-0.2, 0) is 0 Å². The third-order valence-corrected chi connectivity index (χ3v) is 3.39. The molecule has 22 heavy (non-hydrogen) atoms. The van der Waals surface area contributed by atoms with Crippen LogP contribution in [0.15, 0.2) is 36.4 Å². The lowest BCUT2D eigenvalue weighted by atomic mass is 10.1. The molecule has 0 aliphatic heterocycles. The number of amides is 1. The van der Waals surface area contributed by atoms with Gasteiger partial charge in [-0.05, 0) is 31.2 Å². The molecule has 0 saturated heterocycles. The average molecular weight is 321 g/mol. The molecule has 0 atom stereocenters. The third kappa shape index (κ3) is 3.17. The van der Waals surface area contributed by atoms with E-state index in [1.807, 2.05) is 0 Å². The van der Waals surface area contributed by atoms with Gasteiger partial charge < -0.3 is 10.1 Å². The van der Waals surface area contributed by atoms with Crippen LogP contribution in [-0.4, -0.2) is 17.9 Å². The van der Waals surface area contributed by atoms with Gasteiger partial charge in [-0.1, -0.05) is 17.7 Å². The van der Waals surface area contributed by atoms with Crippen LogP contribution in [0.2, 0.25) is 5.02 Å². The fraction of sp³-hybridized carbons (Fsp3) is 0.133. The molecule has 0 saturated carbocycles. The van der Waals surface area contributed by atoms with Gasteiger partial charge in [-0.15, -0.1) is 0 Å². The smallest absolute Gasteiger partial charge is 0.274 e. The Morgan fingerprint density at radius 2 is 2.05 bits per heavy atom. The highest BCUT2D eigenvalue weighted by atomic mass is 35.5. The fourth-order valence-corrected chi connectivity index (χ4v) is 2.18. The summed E-state index contributed by atoms with van der Waals surface area (Å²) in [5.74, 6) is -0.0899. The second-order valence-corrected chi connectivity index (χ2v) is 4.94. The van der Waals surface area contributed by atoms with E-state index < -0.39 is 10.8 Å². The Morgan fingerprint density at radius 3 is 2.68 bits per heavy atom. The molecule has 114 valence electrons. The van der Waals surface area contributed by atoms with Gasteiger partial charge in [0.25, 0.3) is 11.6 Å². The molecule has 2 aromatic rings. The number of benzene rings is 2. The monoisotopic (exact) mass is 320 g/mol. The summed E-state index contributed by atoms with van der Waals surface area (Å²) in [7, 11) is 1.44. The minimum absolute atomic E-state index is 0.0594. The van der Waals surface area contributed by atoms with Crippen molar-refractivity contribution in [2.45, 2.75) is 6.92 Å². The summed E-state index contributed by atoms with van der Waals surface area (Å²) in [6.07, 6.45) is 0. The summed E-state index contributed by atoms with van der Waals surface area (Å²) >= 11 is 5.89. The number of ether oxygens (including phenoxy) is 1. The second-order valence-electron chi connectivity index (χ2n) is 4.51. The Kier molecular flexibility index (Phi) is 4.62. The Hall–Kier alpha value is -2.60. The van der Waals surface area contributed by atoms with E-state index in [0.29, 0.717) is 22.0 Å². The summed E-state index contributed by atoms with van der Waals surface area (Å²) in [5.41, 5.74) is 0.930. The molecule has 0 heterocycles. The zero-order valence-corrected chi connectivity index (χ0v) is 12.7. The van der Waals surface area contributed by atoms with Crippen molar-refractivity contribution in [2.24, 2.45) is 0 Å². The predicted molar refractivity (Wildman–Crippen MR) is 83.8 cm³/mol. The number of carbonyl (C=O) groups is 1. The van der Waals surface area contributed by atoms with Crippen molar-refractivity contribution >= 4 is 28.9 Å². The van der Waals surface area contributed by atoms with Gasteiger partial charge in [0, 0.05) is 11.1 Å². The van der Waals surface area contributed by atoms with Crippen LogP contribution >= 0.6 is 11.6 Å². The number of nitro groups is 1. The summed E-state index contributed by atoms with van der Waals surface area (Å²) in [6.45, 7) is 1.57. The molecule has 0 aliphatic rings. The number of halogens is 1. The van der Waals surface area contributed by atoms with Gasteiger partial charge in [-0.2, -0.15) is 0 Å². The van der Waals surface area contributed by atoms with Crippen molar-refractivity contribution in [1.82, 2.24) is 0 Å². The van der Waals surface area contributed by atoms with E-state index >= 15 is 0 Å². The first-order valence-corrected chi connectivity index (χ1v) is 6.70. The van der Waals surface area contributed by atoms with Gasteiger partial charge in [0.05, 0.1) is 28.8 Å². The molecule has 1 N–H and O–H groups in total. The van der Waals surface area contributed by atoms with E-state index in [2.05, 4.69) is 5.32 Å². The molecule has 7 heteroatoms. The van der Waals surface area contributed by atoms with E-state index in [1.54, 1.807) is 25.1 Å². The van der Waals surface area contributed by atoms with Crippen LogP contribution in [0.4, 0.5) is 11.4 Å². The van der Waals surface area contributed by atoms with Crippen LogP contribution in [0.25, 0.3) is 0 Å². The lowest BCUT2D eigenvalue weighted by Crippen LogP contribution is -2.14. The first-order valence-electron chi connectivity index (χ1n) is 6.33. The molecule has 0 aromatic heterocycles. The lowest BCUT2D eigenvalue weighted by molar-refractivity contribution is -0.385. The van der Waals surface area contributed by atoms with Crippen molar-refractivity contribution in [2.75, 3.05) is 12.4 Å². The van der Waals surface area contributed by atoms with Crippen LogP contribution in [0, 0.1) is 17.0 Å². The second kappa shape index (κ2) is 6.44. The van der Waals surface area contributed by atoms with Crippen molar-refractivity contribution in [3.63, 3.8) is 0 Å². The number of methoxy groups -OCH3 is 1. The molecule has 0 aliphatic carbocycles. The highest BCUT2D eigenvalue weighted by Crippen LogP contribution is 2.27. The average Bonchev–Trinajstić information content (AvgIpc) is 2.49. The number of hydrogen-bond donors (Lipinski definition) is 1. The van der Waals surface area contributed by atoms with Gasteiger partial charge in [-0.25, -0.2) is 0 Å². The van der Waals surface area contributed by atoms with E-state index in [4.69, 9.17) is 16.3 Å². The Bertz CT molecular complexity index is 746. The van der Waals surface area contributed by atoms with Crippen molar-refractivity contribution in [3.8, 4) is 5.75 Å². The highest BCUT2D eigenvalue weighted by molar-refractivity contribution is 6.31. The maximum Gasteiger partial charge on any atom is 0.274 e. The molecule has 0 radical (unpaired) electrons. The van der Waals surface area contributed by atoms with Crippen molar-refractivity contribution in [3.05, 3.63) is 62.7 Å². The van der Waals surface area contributed by atoms with E-state index in [1.165, 1.54) is 25.3 Å². The summed E-state index contributed by atoms with van der Waals surface area (Å²) in [4.78, 5) is 22.8. The summed E-state index contributed by atoms with van der Waals surface area (Å²) < 4.78 is 5.12. The fourth-order valence-electron chi connectivity index (χ4n) is 2.00. The van der Waals surface area contributed by atoms with Crippen molar-refractivity contribution < 1.29 is 14.5 Å². The number of rotatable bonds is 4. The number of nitro benzene ring substituents is 1. The first-order chi connectivity index (χ1) is 10.4. The molecule has 0 bridgehead atoms. The zero-order valence-electron chi connectivity index (χ0n) is 11.9. The molecule has 1 amide bonds. The first kappa shape index (κ1) is 15.8. The van der Waals surface area contributed by atoms with Gasteiger partial charge in [-0.3, -0.25) is 14.9 Å². The summed E-state index contributed by atoms with van der Waals surface area (Å²) in [6, 6.07) is 9.15. The standard InChI is InChI=1S/C15H13ClN2O4/c1-9-12(4-3-5-13(9)18(20)21)17-15(19)11-8-10(16)6-7-14(11)22-2/h3-8H,1-2H3,(H,17,19). The Labute approximate surface area is 131 Å². The summed E-state index contributed by atoms with van der Waals surface area (Å²) in [5, 5.41) is 14.0. The number of carbonyl (C=O) groups excluding carboxylic acids is 1. The van der Waals surface area contributed by atoms with Gasteiger partial charge >= 0.3 is 0 Å². The molecule has 2 aromatic carbocycles. The highest BCUT2D eigenvalue weighted by Gasteiger charge is 2.17. The maximum atomic E-state index is 12.4.